The zero-order chi connectivity index (χ0) is 16.0. The van der Waals surface area contributed by atoms with Gasteiger partial charge in [-0.1, -0.05) is 36.4 Å². The lowest BCUT2D eigenvalue weighted by Crippen LogP contribution is -2.34. The topological polar surface area (TPSA) is 57.6 Å². The van der Waals surface area contributed by atoms with E-state index in [9.17, 15) is 9.59 Å². The summed E-state index contributed by atoms with van der Waals surface area (Å²) < 4.78 is 0. The number of carbonyl (C=O) groups excluding carboxylic acids is 1. The molecule has 1 N–H and O–H groups in total. The fraction of sp³-hybridized carbons (Fsp3) is 0.368. The molecular formula is C19H19NO3. The number of carboxylic acid groups (broad SMARTS) is 1. The van der Waals surface area contributed by atoms with Gasteiger partial charge in [0.05, 0.1) is 11.6 Å². The number of amides is 1. The van der Waals surface area contributed by atoms with Crippen molar-refractivity contribution in [3.8, 4) is 0 Å². The van der Waals surface area contributed by atoms with Crippen LogP contribution in [0.15, 0.2) is 36.4 Å². The van der Waals surface area contributed by atoms with Gasteiger partial charge in [0.1, 0.15) is 0 Å². The summed E-state index contributed by atoms with van der Waals surface area (Å²) in [5, 5.41) is 11.4. The monoisotopic (exact) mass is 309 g/mol. The Morgan fingerprint density at radius 1 is 1.04 bits per heavy atom. The summed E-state index contributed by atoms with van der Waals surface area (Å²) in [6, 6.07) is 12.3. The minimum atomic E-state index is -0.771. The van der Waals surface area contributed by atoms with E-state index in [1.807, 2.05) is 17.0 Å². The Morgan fingerprint density at radius 3 is 2.61 bits per heavy atom. The first-order valence-electron chi connectivity index (χ1n) is 8.20. The van der Waals surface area contributed by atoms with E-state index in [1.54, 1.807) is 0 Å². The minimum Gasteiger partial charge on any atom is -0.481 e. The van der Waals surface area contributed by atoms with E-state index >= 15 is 0 Å². The van der Waals surface area contributed by atoms with Crippen LogP contribution in [0.1, 0.15) is 24.8 Å². The van der Waals surface area contributed by atoms with E-state index in [0.29, 0.717) is 25.8 Å². The molecule has 0 spiro atoms. The average Bonchev–Trinajstić information content (AvgIpc) is 3.21. The van der Waals surface area contributed by atoms with Crippen LogP contribution < -0.4 is 4.90 Å². The quantitative estimate of drug-likeness (QED) is 0.926. The summed E-state index contributed by atoms with van der Waals surface area (Å²) >= 11 is 0. The van der Waals surface area contributed by atoms with Crippen LogP contribution in [0, 0.1) is 11.8 Å². The van der Waals surface area contributed by atoms with Crippen molar-refractivity contribution in [2.24, 2.45) is 11.8 Å². The molecule has 1 aliphatic carbocycles. The van der Waals surface area contributed by atoms with E-state index in [-0.39, 0.29) is 17.7 Å². The highest BCUT2D eigenvalue weighted by Crippen LogP contribution is 2.39. The summed E-state index contributed by atoms with van der Waals surface area (Å²) in [5.41, 5.74) is 2.25. The van der Waals surface area contributed by atoms with Gasteiger partial charge in [0.25, 0.3) is 0 Å². The van der Waals surface area contributed by atoms with Gasteiger partial charge in [0.15, 0.2) is 0 Å². The summed E-state index contributed by atoms with van der Waals surface area (Å²) in [4.78, 5) is 26.0. The summed E-state index contributed by atoms with van der Waals surface area (Å²) in [5.74, 6) is -1.18. The fourth-order valence-corrected chi connectivity index (χ4v) is 4.04. The SMILES string of the molecule is O=C(O)C1CCC(C(=O)N2CCc3ccc4ccccc4c32)C1. The van der Waals surface area contributed by atoms with Crippen LogP contribution in [-0.4, -0.2) is 23.5 Å². The van der Waals surface area contributed by atoms with Crippen molar-refractivity contribution < 1.29 is 14.7 Å². The molecule has 1 amide bonds. The van der Waals surface area contributed by atoms with Gasteiger partial charge in [-0.3, -0.25) is 9.59 Å². The molecular weight excluding hydrogens is 290 g/mol. The first-order chi connectivity index (χ1) is 11.1. The minimum absolute atomic E-state index is 0.101. The molecule has 0 bridgehead atoms. The smallest absolute Gasteiger partial charge is 0.306 e. The third kappa shape index (κ3) is 2.29. The molecule has 2 aromatic rings. The van der Waals surface area contributed by atoms with Gasteiger partial charge in [-0.15, -0.1) is 0 Å². The number of fused-ring (bicyclic) bond motifs is 3. The summed E-state index contributed by atoms with van der Waals surface area (Å²) in [6.45, 7) is 0.705. The number of nitrogens with zero attached hydrogens (tertiary/aromatic N) is 1. The molecule has 0 aromatic heterocycles. The molecule has 2 unspecified atom stereocenters. The number of carbonyl (C=O) groups is 2. The van der Waals surface area contributed by atoms with Crippen molar-refractivity contribution in [1.82, 2.24) is 0 Å². The fourth-order valence-electron chi connectivity index (χ4n) is 4.04. The van der Waals surface area contributed by atoms with Gasteiger partial charge >= 0.3 is 5.97 Å². The lowest BCUT2D eigenvalue weighted by molar-refractivity contribution is -0.141. The second-order valence-corrected chi connectivity index (χ2v) is 6.58. The molecule has 4 nitrogen and oxygen atoms in total. The molecule has 0 saturated heterocycles. The lowest BCUT2D eigenvalue weighted by Gasteiger charge is -2.22. The zero-order valence-corrected chi connectivity index (χ0v) is 12.9. The Morgan fingerprint density at radius 2 is 1.83 bits per heavy atom. The molecule has 2 aliphatic rings. The molecule has 23 heavy (non-hydrogen) atoms. The number of hydrogen-bond donors (Lipinski definition) is 1. The van der Waals surface area contributed by atoms with E-state index in [2.05, 4.69) is 24.3 Å². The lowest BCUT2D eigenvalue weighted by atomic mass is 10.0. The van der Waals surface area contributed by atoms with Gasteiger partial charge in [0, 0.05) is 17.8 Å². The highest BCUT2D eigenvalue weighted by atomic mass is 16.4. The molecule has 1 fully saturated rings. The zero-order valence-electron chi connectivity index (χ0n) is 12.9. The standard InChI is InChI=1S/C19H19NO3/c21-18(14-7-8-15(11-14)19(22)23)20-10-9-13-6-5-12-3-1-2-4-16(12)17(13)20/h1-6,14-15H,7-11H2,(H,22,23). The number of anilines is 1. The Labute approximate surface area is 134 Å². The van der Waals surface area contributed by atoms with E-state index < -0.39 is 5.97 Å². The molecule has 1 heterocycles. The predicted octanol–water partition coefficient (Wildman–Crippen LogP) is 3.23. The van der Waals surface area contributed by atoms with E-state index in [0.717, 1.165) is 22.9 Å². The molecule has 1 saturated carbocycles. The summed E-state index contributed by atoms with van der Waals surface area (Å²) in [6.07, 6.45) is 2.65. The number of aliphatic carboxylic acids is 1. The van der Waals surface area contributed by atoms with Crippen LogP contribution >= 0.6 is 0 Å². The molecule has 2 aromatic carbocycles. The maximum atomic E-state index is 13.0. The van der Waals surface area contributed by atoms with E-state index in [1.165, 1.54) is 5.56 Å². The molecule has 4 heteroatoms. The highest BCUT2D eigenvalue weighted by molar-refractivity contribution is 6.07. The Kier molecular flexibility index (Phi) is 3.33. The van der Waals surface area contributed by atoms with Crippen LogP contribution in [0.4, 0.5) is 5.69 Å². The molecule has 0 radical (unpaired) electrons. The number of hydrogen-bond acceptors (Lipinski definition) is 2. The molecule has 4 rings (SSSR count). The van der Waals surface area contributed by atoms with Gasteiger partial charge in [-0.05, 0) is 36.6 Å². The second kappa shape index (κ2) is 5.37. The number of carboxylic acids is 1. The van der Waals surface area contributed by atoms with Gasteiger partial charge in [-0.2, -0.15) is 0 Å². The number of benzene rings is 2. The molecule has 1 aliphatic heterocycles. The third-order valence-electron chi connectivity index (χ3n) is 5.26. The predicted molar refractivity (Wildman–Crippen MR) is 88.5 cm³/mol. The van der Waals surface area contributed by atoms with Crippen molar-refractivity contribution >= 4 is 28.3 Å². The summed E-state index contributed by atoms with van der Waals surface area (Å²) in [7, 11) is 0. The Balaban J connectivity index is 1.67. The molecule has 118 valence electrons. The molecule has 2 atom stereocenters. The van der Waals surface area contributed by atoms with Crippen molar-refractivity contribution in [3.05, 3.63) is 42.0 Å². The van der Waals surface area contributed by atoms with Gasteiger partial charge in [0.2, 0.25) is 5.91 Å². The third-order valence-corrected chi connectivity index (χ3v) is 5.26. The van der Waals surface area contributed by atoms with Gasteiger partial charge in [-0.25, -0.2) is 0 Å². The van der Waals surface area contributed by atoms with Crippen molar-refractivity contribution in [1.29, 1.82) is 0 Å². The largest absolute Gasteiger partial charge is 0.481 e. The van der Waals surface area contributed by atoms with Crippen molar-refractivity contribution in [2.45, 2.75) is 25.7 Å². The average molecular weight is 309 g/mol. The van der Waals surface area contributed by atoms with Crippen molar-refractivity contribution in [2.75, 3.05) is 11.4 Å². The highest BCUT2D eigenvalue weighted by Gasteiger charge is 2.38. The first kappa shape index (κ1) is 14.2. The van der Waals surface area contributed by atoms with Crippen molar-refractivity contribution in [3.63, 3.8) is 0 Å². The van der Waals surface area contributed by atoms with Crippen LogP contribution in [0.3, 0.4) is 0 Å². The normalized spacial score (nSPS) is 23.2. The van der Waals surface area contributed by atoms with Crippen LogP contribution in [0.25, 0.3) is 10.8 Å². The Hall–Kier alpha value is -2.36. The van der Waals surface area contributed by atoms with Gasteiger partial charge < -0.3 is 10.0 Å². The maximum Gasteiger partial charge on any atom is 0.306 e. The van der Waals surface area contributed by atoms with Crippen LogP contribution in [0.5, 0.6) is 0 Å². The second-order valence-electron chi connectivity index (χ2n) is 6.58. The Bertz CT molecular complexity index is 798. The maximum absolute atomic E-state index is 13.0. The van der Waals surface area contributed by atoms with Crippen LogP contribution in [-0.2, 0) is 16.0 Å². The van der Waals surface area contributed by atoms with E-state index in [4.69, 9.17) is 5.11 Å². The number of rotatable bonds is 2. The van der Waals surface area contributed by atoms with Crippen LogP contribution in [0.2, 0.25) is 0 Å². The first-order valence-corrected chi connectivity index (χ1v) is 8.20.